The van der Waals surface area contributed by atoms with Crippen molar-refractivity contribution in [3.05, 3.63) is 59.2 Å². The smallest absolute Gasteiger partial charge is 0.242 e. The van der Waals surface area contributed by atoms with Gasteiger partial charge in [0.25, 0.3) is 0 Å². The molecule has 1 saturated heterocycles. The second-order valence-corrected chi connectivity index (χ2v) is 9.34. The van der Waals surface area contributed by atoms with Crippen molar-refractivity contribution in [3.8, 4) is 0 Å². The summed E-state index contributed by atoms with van der Waals surface area (Å²) in [5.41, 5.74) is 4.27. The van der Waals surface area contributed by atoms with Gasteiger partial charge in [0.1, 0.15) is 5.25 Å². The highest BCUT2D eigenvalue weighted by Gasteiger charge is 2.46. The van der Waals surface area contributed by atoms with Crippen LogP contribution >= 0.6 is 11.8 Å². The van der Waals surface area contributed by atoms with Crippen LogP contribution in [-0.4, -0.2) is 39.0 Å². The topological polar surface area (TPSA) is 78.8 Å². The molecule has 160 valence electrons. The fraction of sp³-hybridized carbons (Fsp3) is 0.333. The summed E-state index contributed by atoms with van der Waals surface area (Å²) in [5, 5.41) is 3.02. The summed E-state index contributed by atoms with van der Waals surface area (Å²) in [5.74, 6) is -0.302. The van der Waals surface area contributed by atoms with Gasteiger partial charge in [-0.2, -0.15) is 0 Å². The molecule has 2 aliphatic rings. The molecule has 2 amide bonds. The van der Waals surface area contributed by atoms with Gasteiger partial charge in [0.15, 0.2) is 11.0 Å². The van der Waals surface area contributed by atoms with Crippen molar-refractivity contribution in [3.63, 3.8) is 0 Å². The van der Waals surface area contributed by atoms with E-state index in [4.69, 9.17) is 4.99 Å². The molecule has 0 spiro atoms. The number of benzene rings is 2. The SMILES string of the molecule is CC(=O)c1ccc(NC(=O)CC2SC(=Nc3cc(C)cc(C)c3)N(C3CC3)C2=O)cc1. The van der Waals surface area contributed by atoms with Crippen LogP contribution in [0.25, 0.3) is 0 Å². The first-order chi connectivity index (χ1) is 14.8. The lowest BCUT2D eigenvalue weighted by atomic mass is 10.1. The number of thioether (sulfide) groups is 1. The van der Waals surface area contributed by atoms with Gasteiger partial charge in [-0.05, 0) is 81.1 Å². The number of ketones is 1. The van der Waals surface area contributed by atoms with E-state index >= 15 is 0 Å². The highest BCUT2D eigenvalue weighted by Crippen LogP contribution is 2.39. The van der Waals surface area contributed by atoms with E-state index < -0.39 is 5.25 Å². The number of carbonyl (C=O) groups is 3. The normalized spacial score (nSPS) is 19.7. The molecule has 0 radical (unpaired) electrons. The Bertz CT molecular complexity index is 1050. The van der Waals surface area contributed by atoms with Gasteiger partial charge in [-0.3, -0.25) is 19.3 Å². The molecule has 2 fully saturated rings. The third kappa shape index (κ3) is 5.05. The summed E-state index contributed by atoms with van der Waals surface area (Å²) in [4.78, 5) is 43.5. The average molecular weight is 436 g/mol. The number of amides is 2. The van der Waals surface area contributed by atoms with Crippen molar-refractivity contribution < 1.29 is 14.4 Å². The van der Waals surface area contributed by atoms with Gasteiger partial charge < -0.3 is 5.32 Å². The molecule has 1 saturated carbocycles. The van der Waals surface area contributed by atoms with Gasteiger partial charge in [-0.15, -0.1) is 0 Å². The fourth-order valence-electron chi connectivity index (χ4n) is 3.66. The van der Waals surface area contributed by atoms with Crippen LogP contribution in [0.2, 0.25) is 0 Å². The first-order valence-corrected chi connectivity index (χ1v) is 11.3. The number of aliphatic imine (C=N–C) groups is 1. The lowest BCUT2D eigenvalue weighted by Crippen LogP contribution is -2.35. The van der Waals surface area contributed by atoms with Gasteiger partial charge >= 0.3 is 0 Å². The van der Waals surface area contributed by atoms with E-state index in [0.29, 0.717) is 16.4 Å². The predicted octanol–water partition coefficient (Wildman–Crippen LogP) is 4.63. The monoisotopic (exact) mass is 435 g/mol. The van der Waals surface area contributed by atoms with Crippen molar-refractivity contribution in [2.24, 2.45) is 4.99 Å². The van der Waals surface area contributed by atoms with Crippen LogP contribution < -0.4 is 5.32 Å². The predicted molar refractivity (Wildman–Crippen MR) is 124 cm³/mol. The summed E-state index contributed by atoms with van der Waals surface area (Å²) in [6, 6.07) is 13.0. The molecule has 0 bridgehead atoms. The van der Waals surface area contributed by atoms with Crippen LogP contribution in [0.4, 0.5) is 11.4 Å². The maximum atomic E-state index is 13.0. The van der Waals surface area contributed by atoms with Crippen molar-refractivity contribution in [1.29, 1.82) is 0 Å². The number of carbonyl (C=O) groups excluding carboxylic acids is 3. The third-order valence-corrected chi connectivity index (χ3v) is 6.41. The Morgan fingerprint density at radius 2 is 1.74 bits per heavy atom. The first kappa shape index (κ1) is 21.3. The van der Waals surface area contributed by atoms with Crippen LogP contribution in [0.5, 0.6) is 0 Å². The van der Waals surface area contributed by atoms with Gasteiger partial charge in [0, 0.05) is 23.7 Å². The maximum absolute atomic E-state index is 13.0. The number of amidine groups is 1. The number of rotatable bonds is 6. The minimum Gasteiger partial charge on any atom is -0.326 e. The fourth-order valence-corrected chi connectivity index (χ4v) is 4.87. The molecule has 2 aromatic carbocycles. The Morgan fingerprint density at radius 3 is 2.32 bits per heavy atom. The highest BCUT2D eigenvalue weighted by molar-refractivity contribution is 8.15. The number of nitrogens with one attached hydrogen (secondary N) is 1. The molecule has 31 heavy (non-hydrogen) atoms. The Labute approximate surface area is 186 Å². The zero-order valence-corrected chi connectivity index (χ0v) is 18.7. The standard InChI is InChI=1S/C24H25N3O3S/c1-14-10-15(2)12-19(11-14)26-24-27(20-8-9-20)23(30)21(31-24)13-22(29)25-18-6-4-17(5-7-18)16(3)28/h4-7,10-12,20-21H,8-9,13H2,1-3H3,(H,25,29). The molecule has 1 unspecified atom stereocenters. The van der Waals surface area contributed by atoms with Gasteiger partial charge in [-0.25, -0.2) is 4.99 Å². The van der Waals surface area contributed by atoms with Crippen LogP contribution in [0.1, 0.15) is 47.7 Å². The van der Waals surface area contributed by atoms with Crippen LogP contribution in [0.3, 0.4) is 0 Å². The number of hydrogen-bond acceptors (Lipinski definition) is 5. The number of aryl methyl sites for hydroxylation is 2. The molecular weight excluding hydrogens is 410 g/mol. The minimum atomic E-state index is -0.484. The molecule has 7 heteroatoms. The van der Waals surface area contributed by atoms with Crippen LogP contribution in [0, 0.1) is 13.8 Å². The molecule has 0 aromatic heterocycles. The van der Waals surface area contributed by atoms with Crippen molar-refractivity contribution in [1.82, 2.24) is 4.90 Å². The summed E-state index contributed by atoms with van der Waals surface area (Å²) in [6.45, 7) is 5.55. The molecule has 1 atom stereocenters. The highest BCUT2D eigenvalue weighted by atomic mass is 32.2. The van der Waals surface area contributed by atoms with E-state index in [0.717, 1.165) is 29.7 Å². The Morgan fingerprint density at radius 1 is 1.10 bits per heavy atom. The molecule has 4 rings (SSSR count). The maximum Gasteiger partial charge on any atom is 0.242 e. The second-order valence-electron chi connectivity index (χ2n) is 8.17. The van der Waals surface area contributed by atoms with E-state index in [1.807, 2.05) is 26.0 Å². The number of anilines is 1. The Balaban J connectivity index is 1.47. The largest absolute Gasteiger partial charge is 0.326 e. The molecule has 2 aromatic rings. The number of Topliss-reactive ketones (excluding diaryl/α,β-unsaturated/α-hetero) is 1. The zero-order valence-electron chi connectivity index (χ0n) is 17.8. The second kappa shape index (κ2) is 8.67. The molecule has 1 heterocycles. The Hall–Kier alpha value is -2.93. The van der Waals surface area contributed by atoms with Gasteiger partial charge in [-0.1, -0.05) is 17.8 Å². The Kier molecular flexibility index (Phi) is 5.96. The van der Waals surface area contributed by atoms with E-state index in [2.05, 4.69) is 11.4 Å². The first-order valence-electron chi connectivity index (χ1n) is 10.4. The molecule has 1 aliphatic heterocycles. The number of nitrogens with zero attached hydrogens (tertiary/aromatic N) is 2. The lowest BCUT2D eigenvalue weighted by Gasteiger charge is -2.15. The van der Waals surface area contributed by atoms with Crippen molar-refractivity contribution >= 4 is 45.9 Å². The zero-order chi connectivity index (χ0) is 22.1. The lowest BCUT2D eigenvalue weighted by molar-refractivity contribution is -0.128. The molecule has 1 N–H and O–H groups in total. The third-order valence-electron chi connectivity index (χ3n) is 5.26. The number of hydrogen-bond donors (Lipinski definition) is 1. The molecule has 1 aliphatic carbocycles. The molecule has 6 nitrogen and oxygen atoms in total. The van der Waals surface area contributed by atoms with Crippen molar-refractivity contribution in [2.75, 3.05) is 5.32 Å². The summed E-state index contributed by atoms with van der Waals surface area (Å²) in [6.07, 6.45) is 2.02. The van der Waals surface area contributed by atoms with E-state index in [1.165, 1.54) is 18.7 Å². The summed E-state index contributed by atoms with van der Waals surface area (Å²) in [7, 11) is 0. The quantitative estimate of drug-likeness (QED) is 0.671. The van der Waals surface area contributed by atoms with E-state index in [1.54, 1.807) is 29.2 Å². The summed E-state index contributed by atoms with van der Waals surface area (Å²) < 4.78 is 0. The summed E-state index contributed by atoms with van der Waals surface area (Å²) >= 11 is 1.37. The minimum absolute atomic E-state index is 0.0263. The van der Waals surface area contributed by atoms with Gasteiger partial charge in [0.05, 0.1) is 5.69 Å². The average Bonchev–Trinajstić information content (AvgIpc) is 3.47. The van der Waals surface area contributed by atoms with Gasteiger partial charge in [0.2, 0.25) is 11.8 Å². The van der Waals surface area contributed by atoms with Crippen LogP contribution in [0.15, 0.2) is 47.5 Å². The van der Waals surface area contributed by atoms with Crippen molar-refractivity contribution in [2.45, 2.75) is 51.3 Å². The molecular formula is C24H25N3O3S. The van der Waals surface area contributed by atoms with E-state index in [9.17, 15) is 14.4 Å². The van der Waals surface area contributed by atoms with Crippen LogP contribution in [-0.2, 0) is 9.59 Å². The van der Waals surface area contributed by atoms with E-state index in [-0.39, 0.29) is 30.1 Å².